The second-order valence-electron chi connectivity index (χ2n) is 20.4. The van der Waals surface area contributed by atoms with Gasteiger partial charge in [-0.25, -0.2) is 13.7 Å². The first kappa shape index (κ1) is 67.4. The van der Waals surface area contributed by atoms with Crippen LogP contribution in [-0.4, -0.2) is 7.32 Å². The second kappa shape index (κ2) is 59.0. The lowest BCUT2D eigenvalue weighted by atomic mass is 10.0. The van der Waals surface area contributed by atoms with Gasteiger partial charge in [0.25, 0.3) is 0 Å². The Balaban J connectivity index is 0.000000980. The van der Waals surface area contributed by atoms with E-state index in [1.165, 1.54) is 289 Å². The van der Waals surface area contributed by atoms with Gasteiger partial charge < -0.3 is 15.1 Å². The zero-order chi connectivity index (χ0) is 50.7. The molecule has 0 aromatic carbocycles. The lowest BCUT2D eigenvalue weighted by Crippen LogP contribution is -2.56. The van der Waals surface area contributed by atoms with E-state index < -0.39 is 7.32 Å². The quantitative estimate of drug-likeness (QED) is 0.0321. The van der Waals surface area contributed by atoms with Crippen molar-refractivity contribution in [1.29, 1.82) is 0 Å². The van der Waals surface area contributed by atoms with Gasteiger partial charge in [-0.2, -0.15) is 0 Å². The maximum absolute atomic E-state index is 8.42. The summed E-state index contributed by atoms with van der Waals surface area (Å²) in [6.45, 7) is 10.4. The molecule has 3 heterocycles. The fraction of sp³-hybridized carbons (Fsp3) is 0.762. The van der Waals surface area contributed by atoms with Gasteiger partial charge in [0.15, 0.2) is 37.2 Å². The molecule has 0 aliphatic heterocycles. The Hall–Kier alpha value is -2.61. The Kier molecular flexibility index (Phi) is 56.8. The van der Waals surface area contributed by atoms with Gasteiger partial charge in [0, 0.05) is 55.7 Å². The van der Waals surface area contributed by atoms with E-state index in [4.69, 9.17) is 15.1 Å². The predicted octanol–water partition coefficient (Wildman–Crippen LogP) is 15.4. The highest BCUT2D eigenvalue weighted by Crippen LogP contribution is 2.16. The number of hydrogen-bond acceptors (Lipinski definition) is 3. The summed E-state index contributed by atoms with van der Waals surface area (Å²) in [5, 5.41) is 25.2. The smallest absolute Gasteiger partial charge is 0.168 e. The minimum Gasteiger partial charge on any atom is -0.907 e. The summed E-state index contributed by atoms with van der Waals surface area (Å²) in [5.41, 5.74) is 0. The molecule has 0 fully saturated rings. The molecule has 402 valence electrons. The van der Waals surface area contributed by atoms with E-state index >= 15 is 0 Å². The Morgan fingerprint density at radius 1 is 0.214 bits per heavy atom. The van der Waals surface area contributed by atoms with Crippen molar-refractivity contribution in [3.8, 4) is 0 Å². The molecule has 0 atom stereocenters. The van der Waals surface area contributed by atoms with Gasteiger partial charge in [0.2, 0.25) is 0 Å². The second-order valence-corrected chi connectivity index (χ2v) is 20.4. The first-order chi connectivity index (χ1) is 34.5. The van der Waals surface area contributed by atoms with Gasteiger partial charge in [-0.3, -0.25) is 7.32 Å². The van der Waals surface area contributed by atoms with Crippen LogP contribution in [0, 0.1) is 0 Å². The molecule has 3 rings (SSSR count). The van der Waals surface area contributed by atoms with Crippen LogP contribution in [0.15, 0.2) is 91.8 Å². The molecule has 0 saturated carbocycles. The number of rotatable bonds is 45. The van der Waals surface area contributed by atoms with Crippen molar-refractivity contribution in [3.63, 3.8) is 0 Å². The first-order valence-electron chi connectivity index (χ1n) is 30.3. The average Bonchev–Trinajstić information content (AvgIpc) is 3.38. The largest absolute Gasteiger partial charge is 0.907 e. The Bertz CT molecular complexity index is 1190. The van der Waals surface area contributed by atoms with Gasteiger partial charge in [-0.05, 0) is 19.3 Å². The summed E-state index contributed by atoms with van der Waals surface area (Å²) in [4.78, 5) is 0. The van der Waals surface area contributed by atoms with E-state index in [2.05, 4.69) is 126 Å². The summed E-state index contributed by atoms with van der Waals surface area (Å²) < 4.78 is 6.88. The van der Waals surface area contributed by atoms with E-state index in [9.17, 15) is 0 Å². The summed E-state index contributed by atoms with van der Waals surface area (Å²) in [6.07, 6.45) is 73.3. The van der Waals surface area contributed by atoms with Crippen molar-refractivity contribution in [2.45, 2.75) is 310 Å². The molecule has 0 N–H and O–H groups in total. The molecule has 0 aliphatic carbocycles. The van der Waals surface area contributed by atoms with Crippen LogP contribution in [0.2, 0.25) is 0 Å². The Morgan fingerprint density at radius 3 is 0.486 bits per heavy atom. The predicted molar refractivity (Wildman–Crippen MR) is 297 cm³/mol. The molecule has 6 nitrogen and oxygen atoms in total. The minimum absolute atomic E-state index is 1.18. The molecule has 7 heteroatoms. The van der Waals surface area contributed by atoms with E-state index in [0.29, 0.717) is 0 Å². The van der Waals surface area contributed by atoms with Crippen molar-refractivity contribution < 1.29 is 28.8 Å². The van der Waals surface area contributed by atoms with E-state index in [1.54, 1.807) is 0 Å². The van der Waals surface area contributed by atoms with Crippen LogP contribution >= 0.6 is 0 Å². The van der Waals surface area contributed by atoms with Gasteiger partial charge >= 0.3 is 0 Å². The minimum atomic E-state index is -2.92. The molecule has 0 amide bonds. The van der Waals surface area contributed by atoms with E-state index in [1.807, 2.05) is 0 Å². The monoisotopic (exact) mass is 972 g/mol. The number of nitrogens with zero attached hydrogens (tertiary/aromatic N) is 3. The van der Waals surface area contributed by atoms with Crippen molar-refractivity contribution in [1.82, 2.24) is 0 Å². The fourth-order valence-corrected chi connectivity index (χ4v) is 9.22. The van der Waals surface area contributed by atoms with Gasteiger partial charge in [-0.1, -0.05) is 270 Å². The SMILES string of the molecule is CCCCCCCCCCCCCCCC[n+]1ccccc1.CCCCCCCCCCCCCCCC[n+]1ccccc1.CCCCCCCCCCCCCCCC[n+]1ccccc1.[O-]B([O-])[O-]. The number of hydrogen-bond donors (Lipinski definition) is 0. The zero-order valence-corrected chi connectivity index (χ0v) is 46.6. The normalized spacial score (nSPS) is 10.7. The van der Waals surface area contributed by atoms with Crippen LogP contribution in [0.5, 0.6) is 0 Å². The van der Waals surface area contributed by atoms with Crippen LogP contribution in [0.4, 0.5) is 0 Å². The van der Waals surface area contributed by atoms with Gasteiger partial charge in [0.1, 0.15) is 19.6 Å². The lowest BCUT2D eigenvalue weighted by molar-refractivity contribution is -0.697. The molecule has 3 aromatic heterocycles. The number of unbranched alkanes of at least 4 members (excludes halogenated alkanes) is 39. The summed E-state index contributed by atoms with van der Waals surface area (Å²) in [6, 6.07) is 18.9. The number of pyridine rings is 3. The topological polar surface area (TPSA) is 80.8 Å². The van der Waals surface area contributed by atoms with Crippen molar-refractivity contribution in [3.05, 3.63) is 91.8 Å². The lowest BCUT2D eigenvalue weighted by Gasteiger charge is -2.35. The van der Waals surface area contributed by atoms with Crippen molar-refractivity contribution >= 4 is 7.32 Å². The third-order valence-corrected chi connectivity index (χ3v) is 13.6. The third kappa shape index (κ3) is 56.3. The average molecular weight is 972 g/mol. The van der Waals surface area contributed by atoms with E-state index in [-0.39, 0.29) is 0 Å². The number of aryl methyl sites for hydroxylation is 3. The first-order valence-corrected chi connectivity index (χ1v) is 30.3. The molecule has 3 aromatic rings. The van der Waals surface area contributed by atoms with Crippen LogP contribution in [0.25, 0.3) is 0 Å². The molecule has 0 bridgehead atoms. The zero-order valence-electron chi connectivity index (χ0n) is 46.6. The maximum Gasteiger partial charge on any atom is 0.168 e. The molecule has 0 unspecified atom stereocenters. The maximum atomic E-state index is 8.42. The van der Waals surface area contributed by atoms with Crippen LogP contribution in [-0.2, 0) is 19.6 Å². The van der Waals surface area contributed by atoms with Crippen LogP contribution in [0.3, 0.4) is 0 Å². The summed E-state index contributed by atoms with van der Waals surface area (Å²) >= 11 is 0. The Labute approximate surface area is 436 Å². The molecule has 0 saturated heterocycles. The highest BCUT2D eigenvalue weighted by molar-refractivity contribution is 6.24. The number of aromatic nitrogens is 3. The van der Waals surface area contributed by atoms with E-state index in [0.717, 1.165) is 0 Å². The van der Waals surface area contributed by atoms with Crippen LogP contribution < -0.4 is 28.8 Å². The molecule has 0 spiro atoms. The standard InChI is InChI=1S/3C21H38N.BO3/c3*1-2-3-4-5-6-7-8-9-10-11-12-13-14-16-19-22-20-17-15-18-21-22;2-1(3)4/h3*15,17-18,20-21H,2-14,16,19H2,1H3;/q3*+1;-3. The highest BCUT2D eigenvalue weighted by Gasteiger charge is 2.01. The Morgan fingerprint density at radius 2 is 0.343 bits per heavy atom. The van der Waals surface area contributed by atoms with Crippen molar-refractivity contribution in [2.24, 2.45) is 0 Å². The van der Waals surface area contributed by atoms with Crippen LogP contribution in [0.1, 0.15) is 290 Å². The van der Waals surface area contributed by atoms with Crippen molar-refractivity contribution in [2.75, 3.05) is 0 Å². The van der Waals surface area contributed by atoms with Gasteiger partial charge in [0.05, 0.1) is 0 Å². The molecule has 0 radical (unpaired) electrons. The fourth-order valence-electron chi connectivity index (χ4n) is 9.22. The molecule has 70 heavy (non-hydrogen) atoms. The molecule has 0 aliphatic rings. The molecular weight excluding hydrogens is 858 g/mol. The summed E-state index contributed by atoms with van der Waals surface area (Å²) in [7, 11) is -2.92. The molecular formula is C63H114BN3O3. The summed E-state index contributed by atoms with van der Waals surface area (Å²) in [5.74, 6) is 0. The van der Waals surface area contributed by atoms with Gasteiger partial charge in [-0.15, -0.1) is 0 Å². The highest BCUT2D eigenvalue weighted by atomic mass is 16.5. The third-order valence-electron chi connectivity index (χ3n) is 13.6.